The van der Waals surface area contributed by atoms with Gasteiger partial charge in [0.2, 0.25) is 0 Å². The number of likely N-dealkylation sites (tertiary alicyclic amines) is 1. The Hall–Kier alpha value is -2.50. The van der Waals surface area contributed by atoms with Gasteiger partial charge in [0.25, 0.3) is 11.7 Å². The van der Waals surface area contributed by atoms with Gasteiger partial charge in [-0.3, -0.25) is 9.59 Å². The van der Waals surface area contributed by atoms with Crippen molar-refractivity contribution in [2.45, 2.75) is 51.1 Å². The number of carbonyl (C=O) groups excluding carboxylic acids is 2. The Balaban J connectivity index is 1.89. The lowest BCUT2D eigenvalue weighted by atomic mass is 9.93. The third-order valence-electron chi connectivity index (χ3n) is 6.38. The quantitative estimate of drug-likeness (QED) is 0.332. The highest BCUT2D eigenvalue weighted by molar-refractivity contribution is 6.47. The van der Waals surface area contributed by atoms with Crippen LogP contribution in [0.2, 0.25) is 10.0 Å². The van der Waals surface area contributed by atoms with Gasteiger partial charge in [-0.25, -0.2) is 0 Å². The first-order valence-corrected chi connectivity index (χ1v) is 11.5. The van der Waals surface area contributed by atoms with Crippen molar-refractivity contribution in [3.8, 4) is 5.75 Å². The predicted molar refractivity (Wildman–Crippen MR) is 125 cm³/mol. The number of methoxy groups -OCH3 is 1. The molecule has 2 aromatic carbocycles. The van der Waals surface area contributed by atoms with Crippen LogP contribution in [0.15, 0.2) is 42.0 Å². The van der Waals surface area contributed by atoms with Crippen LogP contribution >= 0.6 is 23.2 Å². The second kappa shape index (κ2) is 9.16. The Labute approximate surface area is 197 Å². The van der Waals surface area contributed by atoms with Crippen molar-refractivity contribution >= 4 is 40.7 Å². The number of ketones is 1. The Morgan fingerprint density at radius 2 is 1.69 bits per heavy atom. The second-order valence-electron chi connectivity index (χ2n) is 8.21. The number of amides is 1. The van der Waals surface area contributed by atoms with E-state index in [-0.39, 0.29) is 38.7 Å². The molecule has 1 amide bonds. The molecule has 0 aromatic heterocycles. The monoisotopic (exact) mass is 473 g/mol. The molecule has 7 heteroatoms. The van der Waals surface area contributed by atoms with Crippen LogP contribution in [0.25, 0.3) is 5.76 Å². The number of aryl methyl sites for hydroxylation is 1. The molecule has 0 spiro atoms. The van der Waals surface area contributed by atoms with Gasteiger partial charge < -0.3 is 14.7 Å². The zero-order valence-corrected chi connectivity index (χ0v) is 19.5. The molecule has 1 saturated carbocycles. The maximum atomic E-state index is 13.2. The zero-order chi connectivity index (χ0) is 23.0. The van der Waals surface area contributed by atoms with Gasteiger partial charge in [-0.2, -0.15) is 0 Å². The SMILES string of the molecule is CCc1ccc(C2/C(=C(\O)c3cc(Cl)c(OC)c(Cl)c3)C(=O)C(=O)N2C2CCCC2)cc1. The number of rotatable bonds is 5. The van der Waals surface area contributed by atoms with Gasteiger partial charge in [0, 0.05) is 11.6 Å². The Morgan fingerprint density at radius 3 is 2.22 bits per heavy atom. The molecule has 2 aromatic rings. The number of ether oxygens (including phenoxy) is 1. The maximum Gasteiger partial charge on any atom is 0.295 e. The van der Waals surface area contributed by atoms with Crippen molar-refractivity contribution in [2.75, 3.05) is 7.11 Å². The molecule has 0 bridgehead atoms. The Bertz CT molecular complexity index is 1060. The number of halogens is 2. The summed E-state index contributed by atoms with van der Waals surface area (Å²) in [6.07, 6.45) is 4.59. The van der Waals surface area contributed by atoms with Gasteiger partial charge in [-0.1, -0.05) is 67.2 Å². The van der Waals surface area contributed by atoms with Crippen LogP contribution in [0.5, 0.6) is 5.75 Å². The molecule has 1 heterocycles. The van der Waals surface area contributed by atoms with Crippen molar-refractivity contribution in [1.29, 1.82) is 0 Å². The fourth-order valence-electron chi connectivity index (χ4n) is 4.72. The molecule has 0 radical (unpaired) electrons. The van der Waals surface area contributed by atoms with E-state index in [9.17, 15) is 14.7 Å². The molecule has 4 rings (SSSR count). The fraction of sp³-hybridized carbons (Fsp3) is 0.360. The molecule has 2 fully saturated rings. The average molecular weight is 474 g/mol. The lowest BCUT2D eigenvalue weighted by molar-refractivity contribution is -0.141. The van der Waals surface area contributed by atoms with E-state index >= 15 is 0 Å². The molecule has 2 aliphatic rings. The Kier molecular flexibility index (Phi) is 6.50. The average Bonchev–Trinajstić information content (AvgIpc) is 3.40. The number of nitrogens with zero attached hydrogens (tertiary/aromatic N) is 1. The van der Waals surface area contributed by atoms with Crippen LogP contribution in [-0.2, 0) is 16.0 Å². The van der Waals surface area contributed by atoms with Crippen molar-refractivity contribution < 1.29 is 19.4 Å². The van der Waals surface area contributed by atoms with E-state index in [2.05, 4.69) is 6.92 Å². The summed E-state index contributed by atoms with van der Waals surface area (Å²) in [5.74, 6) is -1.28. The Morgan fingerprint density at radius 1 is 1.09 bits per heavy atom. The zero-order valence-electron chi connectivity index (χ0n) is 18.0. The van der Waals surface area contributed by atoms with Crippen molar-refractivity contribution in [2.24, 2.45) is 0 Å². The molecular formula is C25H25Cl2NO4. The van der Waals surface area contributed by atoms with Crippen molar-refractivity contribution in [3.05, 3.63) is 68.7 Å². The summed E-state index contributed by atoms with van der Waals surface area (Å²) in [6, 6.07) is 10.1. The highest BCUT2D eigenvalue weighted by atomic mass is 35.5. The minimum absolute atomic E-state index is 0.0318. The first-order valence-electron chi connectivity index (χ1n) is 10.8. The molecule has 32 heavy (non-hydrogen) atoms. The van der Waals surface area contributed by atoms with Gasteiger partial charge >= 0.3 is 0 Å². The van der Waals surface area contributed by atoms with Gasteiger partial charge in [0.05, 0.1) is 28.8 Å². The molecule has 1 aliphatic carbocycles. The smallest absolute Gasteiger partial charge is 0.295 e. The predicted octanol–water partition coefficient (Wildman–Crippen LogP) is 5.93. The van der Waals surface area contributed by atoms with Crippen LogP contribution in [0.4, 0.5) is 0 Å². The summed E-state index contributed by atoms with van der Waals surface area (Å²) < 4.78 is 5.18. The van der Waals surface area contributed by atoms with Crippen LogP contribution in [0, 0.1) is 0 Å². The molecule has 168 valence electrons. The van der Waals surface area contributed by atoms with Gasteiger partial charge in [0.15, 0.2) is 5.75 Å². The van der Waals surface area contributed by atoms with E-state index in [0.29, 0.717) is 0 Å². The molecule has 1 saturated heterocycles. The first-order chi connectivity index (χ1) is 15.4. The van der Waals surface area contributed by atoms with E-state index in [1.54, 1.807) is 4.90 Å². The summed E-state index contributed by atoms with van der Waals surface area (Å²) in [4.78, 5) is 28.0. The van der Waals surface area contributed by atoms with Gasteiger partial charge in [-0.15, -0.1) is 0 Å². The maximum absolute atomic E-state index is 13.2. The second-order valence-corrected chi connectivity index (χ2v) is 9.03. The summed E-state index contributed by atoms with van der Waals surface area (Å²) in [7, 11) is 1.44. The van der Waals surface area contributed by atoms with Gasteiger partial charge in [-0.05, 0) is 42.5 Å². The van der Waals surface area contributed by atoms with E-state index in [1.807, 2.05) is 24.3 Å². The number of hydrogen-bond acceptors (Lipinski definition) is 4. The number of aliphatic hydroxyl groups is 1. The number of hydrogen-bond donors (Lipinski definition) is 1. The van der Waals surface area contributed by atoms with E-state index in [0.717, 1.165) is 43.2 Å². The van der Waals surface area contributed by atoms with E-state index in [1.165, 1.54) is 19.2 Å². The van der Waals surface area contributed by atoms with Crippen LogP contribution in [0.3, 0.4) is 0 Å². The molecule has 5 nitrogen and oxygen atoms in total. The molecule has 1 unspecified atom stereocenters. The summed E-state index contributed by atoms with van der Waals surface area (Å²) >= 11 is 12.5. The van der Waals surface area contributed by atoms with Crippen LogP contribution < -0.4 is 4.74 Å². The topological polar surface area (TPSA) is 66.8 Å². The first kappa shape index (κ1) is 22.7. The standard InChI is InChI=1S/C25H25Cl2NO4/c1-3-14-8-10-15(11-9-14)21-20(23(30)25(31)28(21)17-6-4-5-7-17)22(29)16-12-18(26)24(32-2)19(27)13-16/h8-13,17,21,29H,3-7H2,1-2H3/b22-20+. The molecule has 1 aliphatic heterocycles. The van der Waals surface area contributed by atoms with E-state index < -0.39 is 17.7 Å². The van der Waals surface area contributed by atoms with Crippen LogP contribution in [0.1, 0.15) is 55.3 Å². The lowest BCUT2D eigenvalue weighted by Crippen LogP contribution is -2.37. The minimum Gasteiger partial charge on any atom is -0.507 e. The summed E-state index contributed by atoms with van der Waals surface area (Å²) in [5, 5.41) is 11.6. The summed E-state index contributed by atoms with van der Waals surface area (Å²) in [5.41, 5.74) is 2.27. The number of carbonyl (C=O) groups is 2. The molecule has 1 N–H and O–H groups in total. The van der Waals surface area contributed by atoms with Crippen molar-refractivity contribution in [1.82, 2.24) is 4.90 Å². The third-order valence-corrected chi connectivity index (χ3v) is 6.94. The highest BCUT2D eigenvalue weighted by Gasteiger charge is 2.49. The number of Topliss-reactive ketones (excluding diaryl/α,β-unsaturated/α-hetero) is 1. The highest BCUT2D eigenvalue weighted by Crippen LogP contribution is 2.44. The molecule has 1 atom stereocenters. The normalized spacial score (nSPS) is 20.9. The minimum atomic E-state index is -0.693. The van der Waals surface area contributed by atoms with Crippen LogP contribution in [-0.4, -0.2) is 34.8 Å². The van der Waals surface area contributed by atoms with E-state index in [4.69, 9.17) is 27.9 Å². The fourth-order valence-corrected chi connectivity index (χ4v) is 5.36. The third kappa shape index (κ3) is 3.89. The lowest BCUT2D eigenvalue weighted by Gasteiger charge is -2.31. The largest absolute Gasteiger partial charge is 0.507 e. The molecular weight excluding hydrogens is 449 g/mol. The summed E-state index contributed by atoms with van der Waals surface area (Å²) in [6.45, 7) is 2.07. The number of aliphatic hydroxyl groups excluding tert-OH is 1. The van der Waals surface area contributed by atoms with Gasteiger partial charge in [0.1, 0.15) is 5.76 Å². The number of benzene rings is 2. The van der Waals surface area contributed by atoms with Crippen molar-refractivity contribution in [3.63, 3.8) is 0 Å².